The number of carboxylic acid groups (broad SMARTS) is 1. The maximum atomic E-state index is 12.6. The molecule has 2 N–H and O–H groups in total. The summed E-state index contributed by atoms with van der Waals surface area (Å²) in [6.45, 7) is 3.33. The lowest BCUT2D eigenvalue weighted by Crippen LogP contribution is -2.27. The molecule has 37 heavy (non-hydrogen) atoms. The second-order valence-corrected chi connectivity index (χ2v) is 11.3. The first-order valence-corrected chi connectivity index (χ1v) is 15.2. The van der Waals surface area contributed by atoms with Crippen molar-refractivity contribution >= 4 is 50.4 Å². The van der Waals surface area contributed by atoms with Gasteiger partial charge in [-0.25, -0.2) is 4.79 Å². The summed E-state index contributed by atoms with van der Waals surface area (Å²) < 4.78 is 1.86. The third-order valence-electron chi connectivity index (χ3n) is 6.15. The van der Waals surface area contributed by atoms with Gasteiger partial charge in [-0.2, -0.15) is 5.06 Å². The van der Waals surface area contributed by atoms with Crippen LogP contribution in [-0.2, 0) is 22.7 Å². The van der Waals surface area contributed by atoms with Gasteiger partial charge >= 0.3 is 5.97 Å². The average Bonchev–Trinajstić information content (AvgIpc) is 2.88. The lowest BCUT2D eigenvalue weighted by molar-refractivity contribution is -0.190. The topological polar surface area (TPSA) is 78.9 Å². The molecule has 0 aliphatic rings. The summed E-state index contributed by atoms with van der Waals surface area (Å²) >= 11 is 5.84. The van der Waals surface area contributed by atoms with Gasteiger partial charge in [-0.3, -0.25) is 9.63 Å². The highest BCUT2D eigenvalue weighted by atomic mass is 127. The molecule has 0 radical (unpaired) electrons. The number of carboxylic acids is 1. The predicted molar refractivity (Wildman–Crippen MR) is 160 cm³/mol. The second-order valence-electron chi connectivity index (χ2n) is 9.30. The van der Waals surface area contributed by atoms with Gasteiger partial charge in [-0.15, -0.1) is 0 Å². The molecular weight excluding hydrogens is 647 g/mol. The van der Waals surface area contributed by atoms with Gasteiger partial charge in [0.2, 0.25) is 0 Å². The van der Waals surface area contributed by atoms with Crippen molar-refractivity contribution in [2.75, 3.05) is 13.2 Å². The van der Waals surface area contributed by atoms with E-state index in [1.807, 2.05) is 36.4 Å². The number of halogens is 2. The summed E-state index contributed by atoms with van der Waals surface area (Å²) in [4.78, 5) is 29.2. The van der Waals surface area contributed by atoms with E-state index < -0.39 is 12.6 Å². The summed E-state index contributed by atoms with van der Waals surface area (Å²) in [6.07, 6.45) is 12.7. The van der Waals surface area contributed by atoms with E-state index in [1.165, 1.54) is 51.4 Å². The zero-order valence-electron chi connectivity index (χ0n) is 21.8. The summed E-state index contributed by atoms with van der Waals surface area (Å²) in [5, 5.41) is 13.7. The summed E-state index contributed by atoms with van der Waals surface area (Å²) in [6, 6.07) is 13.4. The zero-order valence-corrected chi connectivity index (χ0v) is 25.6. The lowest BCUT2D eigenvalue weighted by Gasteiger charge is -2.22. The third-order valence-corrected chi connectivity index (χ3v) is 7.94. The molecule has 8 heteroatoms. The summed E-state index contributed by atoms with van der Waals surface area (Å²) in [5.74, 6) is -1.11. The minimum Gasteiger partial charge on any atom is -0.479 e. The average molecular weight is 687 g/mol. The molecule has 0 saturated heterocycles. The molecule has 1 amide bonds. The number of hydrogen-bond donors (Lipinski definition) is 2. The van der Waals surface area contributed by atoms with Crippen LogP contribution in [0.1, 0.15) is 92.6 Å². The Bertz CT molecular complexity index is 973. The van der Waals surface area contributed by atoms with Gasteiger partial charge in [-0.05, 0) is 58.3 Å². The maximum Gasteiger partial charge on any atom is 0.331 e. The summed E-state index contributed by atoms with van der Waals surface area (Å²) in [7, 11) is 0. The van der Waals surface area contributed by atoms with E-state index in [2.05, 4.69) is 50.8 Å². The van der Waals surface area contributed by atoms with Crippen molar-refractivity contribution in [1.82, 2.24) is 10.4 Å². The van der Waals surface area contributed by atoms with Crippen LogP contribution >= 0.6 is 38.5 Å². The van der Waals surface area contributed by atoms with E-state index in [1.54, 1.807) is 11.1 Å². The van der Waals surface area contributed by atoms with Crippen LogP contribution in [0.4, 0.5) is 0 Å². The van der Waals surface area contributed by atoms with Gasteiger partial charge in [-0.1, -0.05) is 105 Å². The SMILES string of the molecule is CCCCCCCCCCCCNC(=O)c1ccc(CN(Cc2ccccc2I)OCC(=O)O)c(Br)c1. The number of benzene rings is 2. The third kappa shape index (κ3) is 13.2. The van der Waals surface area contributed by atoms with E-state index in [9.17, 15) is 9.59 Å². The summed E-state index contributed by atoms with van der Waals surface area (Å²) in [5.41, 5.74) is 2.55. The van der Waals surface area contributed by atoms with Gasteiger partial charge in [0.05, 0.1) is 13.1 Å². The first-order valence-electron chi connectivity index (χ1n) is 13.3. The standard InChI is InChI=1S/C29H40BrIN2O4/c1-2-3-4-5-6-7-8-9-10-13-18-32-29(36)23-16-17-24(26(30)19-23)20-33(37-22-28(34)35)21-25-14-11-12-15-27(25)31/h11-12,14-17,19H,2-10,13,18,20-22H2,1H3,(H,32,36)(H,34,35). The minimum atomic E-state index is -1.03. The molecule has 2 aromatic rings. The highest BCUT2D eigenvalue weighted by Gasteiger charge is 2.15. The molecule has 2 aromatic carbocycles. The highest BCUT2D eigenvalue weighted by Crippen LogP contribution is 2.23. The number of aliphatic carboxylic acids is 1. The predicted octanol–water partition coefficient (Wildman–Crippen LogP) is 7.72. The number of unbranched alkanes of at least 4 members (excludes halogenated alkanes) is 9. The number of rotatable bonds is 19. The van der Waals surface area contributed by atoms with Crippen LogP contribution < -0.4 is 5.32 Å². The fourth-order valence-electron chi connectivity index (χ4n) is 4.03. The molecule has 204 valence electrons. The van der Waals surface area contributed by atoms with Crippen LogP contribution in [0.25, 0.3) is 0 Å². The Morgan fingerprint density at radius 3 is 2.16 bits per heavy atom. The van der Waals surface area contributed by atoms with Crippen molar-refractivity contribution in [2.45, 2.75) is 84.2 Å². The Morgan fingerprint density at radius 2 is 1.54 bits per heavy atom. The molecule has 0 aromatic heterocycles. The maximum absolute atomic E-state index is 12.6. The van der Waals surface area contributed by atoms with Crippen LogP contribution in [0.3, 0.4) is 0 Å². The van der Waals surface area contributed by atoms with Crippen LogP contribution in [0.15, 0.2) is 46.9 Å². The number of carbonyl (C=O) groups is 2. The minimum absolute atomic E-state index is 0.0824. The van der Waals surface area contributed by atoms with Gasteiger partial charge in [0, 0.05) is 20.2 Å². The van der Waals surface area contributed by atoms with E-state index in [-0.39, 0.29) is 5.91 Å². The smallest absolute Gasteiger partial charge is 0.331 e. The number of amides is 1. The molecule has 0 bridgehead atoms. The van der Waals surface area contributed by atoms with Crippen LogP contribution in [0.5, 0.6) is 0 Å². The molecule has 2 rings (SSSR count). The largest absolute Gasteiger partial charge is 0.479 e. The molecule has 0 aliphatic carbocycles. The van der Waals surface area contributed by atoms with Crippen molar-refractivity contribution in [3.63, 3.8) is 0 Å². The molecule has 6 nitrogen and oxygen atoms in total. The molecule has 0 heterocycles. The Labute approximate surface area is 243 Å². The fraction of sp³-hybridized carbons (Fsp3) is 0.517. The monoisotopic (exact) mass is 686 g/mol. The molecule has 0 aliphatic heterocycles. The highest BCUT2D eigenvalue weighted by molar-refractivity contribution is 14.1. The Morgan fingerprint density at radius 1 is 0.919 bits per heavy atom. The Kier molecular flexibility index (Phi) is 16.0. The number of hydrogen-bond acceptors (Lipinski definition) is 4. The molecule has 0 fully saturated rings. The number of hydroxylamine groups is 2. The van der Waals surface area contributed by atoms with Crippen LogP contribution in [0.2, 0.25) is 0 Å². The van der Waals surface area contributed by atoms with E-state index in [4.69, 9.17) is 9.94 Å². The van der Waals surface area contributed by atoms with Crippen molar-refractivity contribution in [3.05, 3.63) is 67.2 Å². The van der Waals surface area contributed by atoms with Crippen LogP contribution in [0, 0.1) is 3.57 Å². The Balaban J connectivity index is 1.79. The normalized spacial score (nSPS) is 11.1. The molecule has 0 saturated carbocycles. The van der Waals surface area contributed by atoms with Gasteiger partial charge in [0.15, 0.2) is 6.61 Å². The second kappa shape index (κ2) is 18.7. The molecule has 0 unspecified atom stereocenters. The van der Waals surface area contributed by atoms with Gasteiger partial charge in [0.25, 0.3) is 5.91 Å². The van der Waals surface area contributed by atoms with Crippen molar-refractivity contribution < 1.29 is 19.5 Å². The van der Waals surface area contributed by atoms with Crippen molar-refractivity contribution in [2.24, 2.45) is 0 Å². The number of nitrogens with zero attached hydrogens (tertiary/aromatic N) is 1. The van der Waals surface area contributed by atoms with Gasteiger partial charge < -0.3 is 10.4 Å². The van der Waals surface area contributed by atoms with E-state index in [0.29, 0.717) is 25.2 Å². The number of nitrogens with one attached hydrogen (secondary N) is 1. The van der Waals surface area contributed by atoms with E-state index >= 15 is 0 Å². The quantitative estimate of drug-likeness (QED) is 0.0899. The first kappa shape index (κ1) is 31.7. The first-order chi connectivity index (χ1) is 17.9. The molecular formula is C29H40BrIN2O4. The van der Waals surface area contributed by atoms with Gasteiger partial charge in [0.1, 0.15) is 0 Å². The Hall–Kier alpha value is -1.49. The number of carbonyl (C=O) groups excluding carboxylic acids is 1. The molecule has 0 spiro atoms. The van der Waals surface area contributed by atoms with Crippen molar-refractivity contribution in [3.8, 4) is 0 Å². The lowest BCUT2D eigenvalue weighted by atomic mass is 10.1. The molecule has 0 atom stereocenters. The van der Waals surface area contributed by atoms with E-state index in [0.717, 1.165) is 32.0 Å². The fourth-order valence-corrected chi connectivity index (χ4v) is 5.10. The zero-order chi connectivity index (χ0) is 26.9. The van der Waals surface area contributed by atoms with Crippen molar-refractivity contribution in [1.29, 1.82) is 0 Å². The van der Waals surface area contributed by atoms with Crippen LogP contribution in [-0.4, -0.2) is 35.2 Å².